The first-order valence-electron chi connectivity index (χ1n) is 7.17. The molecule has 122 valence electrons. The van der Waals surface area contributed by atoms with Gasteiger partial charge in [-0.3, -0.25) is 9.78 Å². The normalized spacial score (nSPS) is 20.2. The molecule has 1 amide bonds. The van der Waals surface area contributed by atoms with E-state index >= 15 is 0 Å². The van der Waals surface area contributed by atoms with Crippen molar-refractivity contribution in [1.82, 2.24) is 9.88 Å². The minimum Gasteiger partial charge on any atom is -0.394 e. The van der Waals surface area contributed by atoms with E-state index in [0.29, 0.717) is 16.6 Å². The first kappa shape index (κ1) is 15.7. The Balaban J connectivity index is 2.00. The molecule has 0 spiro atoms. The number of likely N-dealkylation sites (tertiary alicyclic amines) is 1. The van der Waals surface area contributed by atoms with Crippen LogP contribution in [0.1, 0.15) is 22.5 Å². The molecule has 1 atom stereocenters. The summed E-state index contributed by atoms with van der Waals surface area (Å²) in [5, 5.41) is 9.80. The number of aryl methyl sites for hydroxylation is 1. The molecule has 1 unspecified atom stereocenters. The van der Waals surface area contributed by atoms with Gasteiger partial charge in [-0.25, -0.2) is 13.2 Å². The van der Waals surface area contributed by atoms with Crippen LogP contribution in [0, 0.1) is 12.7 Å². The van der Waals surface area contributed by atoms with E-state index in [1.807, 2.05) is 0 Å². The third-order valence-corrected chi connectivity index (χ3v) is 4.05. The predicted octanol–water partition coefficient (Wildman–Crippen LogP) is 2.52. The van der Waals surface area contributed by atoms with Gasteiger partial charge in [0.25, 0.3) is 11.8 Å². The van der Waals surface area contributed by atoms with Gasteiger partial charge in [-0.1, -0.05) is 0 Å². The zero-order valence-corrected chi connectivity index (χ0v) is 12.4. The van der Waals surface area contributed by atoms with Gasteiger partial charge < -0.3 is 10.0 Å². The van der Waals surface area contributed by atoms with Crippen LogP contribution in [-0.2, 0) is 0 Å². The van der Waals surface area contributed by atoms with Crippen LogP contribution in [0.3, 0.4) is 0 Å². The number of pyridine rings is 1. The zero-order valence-electron chi connectivity index (χ0n) is 12.4. The maximum atomic E-state index is 13.5. The van der Waals surface area contributed by atoms with Crippen molar-refractivity contribution in [3.05, 3.63) is 41.3 Å². The summed E-state index contributed by atoms with van der Waals surface area (Å²) in [6.07, 6.45) is -0.555. The highest BCUT2D eigenvalue weighted by Gasteiger charge is 2.47. The number of benzene rings is 1. The molecule has 0 aliphatic carbocycles. The zero-order chi connectivity index (χ0) is 16.8. The van der Waals surface area contributed by atoms with Crippen molar-refractivity contribution >= 4 is 16.8 Å². The van der Waals surface area contributed by atoms with E-state index in [1.54, 1.807) is 6.92 Å². The summed E-state index contributed by atoms with van der Waals surface area (Å²) >= 11 is 0. The topological polar surface area (TPSA) is 53.4 Å². The van der Waals surface area contributed by atoms with Crippen LogP contribution < -0.4 is 0 Å². The van der Waals surface area contributed by atoms with Crippen LogP contribution in [0.4, 0.5) is 13.2 Å². The van der Waals surface area contributed by atoms with Crippen LogP contribution in [0.25, 0.3) is 10.9 Å². The molecule has 23 heavy (non-hydrogen) atoms. The Labute approximate surface area is 130 Å². The van der Waals surface area contributed by atoms with Crippen molar-refractivity contribution in [2.45, 2.75) is 25.3 Å². The monoisotopic (exact) mass is 324 g/mol. The molecule has 4 nitrogen and oxygen atoms in total. The minimum atomic E-state index is -3.01. The Bertz CT molecular complexity index is 779. The molecule has 1 saturated heterocycles. The van der Waals surface area contributed by atoms with Crippen molar-refractivity contribution in [2.24, 2.45) is 0 Å². The van der Waals surface area contributed by atoms with Crippen molar-refractivity contribution in [3.63, 3.8) is 0 Å². The van der Waals surface area contributed by atoms with Gasteiger partial charge in [-0.05, 0) is 25.1 Å². The first-order chi connectivity index (χ1) is 10.8. The number of aliphatic hydroxyl groups is 1. The molecule has 0 saturated carbocycles. The number of carbonyl (C=O) groups is 1. The third kappa shape index (κ3) is 2.88. The number of aromatic nitrogens is 1. The third-order valence-electron chi connectivity index (χ3n) is 4.05. The fraction of sp³-hybridized carbons (Fsp3) is 0.375. The standard InChI is InChI=1S/C16H15F3N2O2/c1-9-13(4-10-2-3-11(17)5-14(10)20-9)15(23)21-8-16(18,19)6-12(21)7-22/h2-5,12,22H,6-8H2,1H3. The number of nitrogens with zero attached hydrogens (tertiary/aromatic N) is 2. The number of carbonyl (C=O) groups excluding carboxylic acids is 1. The van der Waals surface area contributed by atoms with Gasteiger partial charge in [0.05, 0.1) is 36.0 Å². The molecule has 1 aliphatic heterocycles. The number of hydrogen-bond donors (Lipinski definition) is 1. The van der Waals surface area contributed by atoms with E-state index in [2.05, 4.69) is 4.98 Å². The Morgan fingerprint density at radius 1 is 1.43 bits per heavy atom. The Kier molecular flexibility index (Phi) is 3.75. The van der Waals surface area contributed by atoms with E-state index in [9.17, 15) is 23.1 Å². The van der Waals surface area contributed by atoms with E-state index in [0.717, 1.165) is 4.90 Å². The quantitative estimate of drug-likeness (QED) is 0.923. The first-order valence-corrected chi connectivity index (χ1v) is 7.17. The van der Waals surface area contributed by atoms with Gasteiger partial charge in [0.1, 0.15) is 5.82 Å². The lowest BCUT2D eigenvalue weighted by atomic mass is 10.1. The summed E-state index contributed by atoms with van der Waals surface area (Å²) in [7, 11) is 0. The number of fused-ring (bicyclic) bond motifs is 1. The molecule has 0 radical (unpaired) electrons. The van der Waals surface area contributed by atoms with Gasteiger partial charge in [-0.15, -0.1) is 0 Å². The molecule has 2 heterocycles. The number of hydrogen-bond acceptors (Lipinski definition) is 3. The predicted molar refractivity (Wildman–Crippen MR) is 77.9 cm³/mol. The molecule has 1 aromatic carbocycles. The van der Waals surface area contributed by atoms with E-state index in [-0.39, 0.29) is 5.56 Å². The van der Waals surface area contributed by atoms with Crippen LogP contribution in [0.2, 0.25) is 0 Å². The molecule has 1 N–H and O–H groups in total. The highest BCUT2D eigenvalue weighted by Crippen LogP contribution is 2.33. The van der Waals surface area contributed by atoms with E-state index < -0.39 is 43.3 Å². The molecule has 0 bridgehead atoms. The summed E-state index contributed by atoms with van der Waals surface area (Å²) in [4.78, 5) is 17.8. The van der Waals surface area contributed by atoms with Crippen LogP contribution in [0.15, 0.2) is 24.3 Å². The van der Waals surface area contributed by atoms with E-state index in [1.165, 1.54) is 24.3 Å². The molecular weight excluding hydrogens is 309 g/mol. The van der Waals surface area contributed by atoms with Crippen molar-refractivity contribution in [3.8, 4) is 0 Å². The molecule has 1 fully saturated rings. The maximum Gasteiger partial charge on any atom is 0.267 e. The van der Waals surface area contributed by atoms with Gasteiger partial charge in [0.15, 0.2) is 0 Å². The van der Waals surface area contributed by atoms with Crippen LogP contribution in [-0.4, -0.2) is 46.0 Å². The van der Waals surface area contributed by atoms with Crippen molar-refractivity contribution in [2.75, 3.05) is 13.2 Å². The molecule has 7 heteroatoms. The minimum absolute atomic E-state index is 0.181. The molecular formula is C16H15F3N2O2. The van der Waals surface area contributed by atoms with Gasteiger partial charge in [0.2, 0.25) is 0 Å². The van der Waals surface area contributed by atoms with Gasteiger partial charge >= 0.3 is 0 Å². The van der Waals surface area contributed by atoms with Crippen LogP contribution in [0.5, 0.6) is 0 Å². The smallest absolute Gasteiger partial charge is 0.267 e. The van der Waals surface area contributed by atoms with Crippen molar-refractivity contribution in [1.29, 1.82) is 0 Å². The fourth-order valence-corrected chi connectivity index (χ4v) is 2.91. The van der Waals surface area contributed by atoms with E-state index in [4.69, 9.17) is 0 Å². The number of aliphatic hydroxyl groups excluding tert-OH is 1. The number of amides is 1. The summed E-state index contributed by atoms with van der Waals surface area (Å²) in [5.74, 6) is -4.05. The maximum absolute atomic E-state index is 13.5. The number of alkyl halides is 2. The molecule has 1 aliphatic rings. The molecule has 2 aromatic rings. The number of rotatable bonds is 2. The van der Waals surface area contributed by atoms with Gasteiger partial charge in [0, 0.05) is 17.9 Å². The highest BCUT2D eigenvalue weighted by molar-refractivity contribution is 5.99. The second-order valence-electron chi connectivity index (χ2n) is 5.79. The Morgan fingerprint density at radius 2 is 2.17 bits per heavy atom. The summed E-state index contributed by atoms with van der Waals surface area (Å²) in [5.41, 5.74) is 0.907. The number of halogens is 3. The Hall–Kier alpha value is -2.15. The van der Waals surface area contributed by atoms with Crippen molar-refractivity contribution < 1.29 is 23.1 Å². The lowest BCUT2D eigenvalue weighted by Gasteiger charge is -2.23. The lowest BCUT2D eigenvalue weighted by Crippen LogP contribution is -2.38. The molecule has 1 aromatic heterocycles. The second-order valence-corrected chi connectivity index (χ2v) is 5.79. The summed E-state index contributed by atoms with van der Waals surface area (Å²) < 4.78 is 40.3. The molecule has 3 rings (SSSR count). The summed E-state index contributed by atoms with van der Waals surface area (Å²) in [6.45, 7) is 0.324. The highest BCUT2D eigenvalue weighted by atomic mass is 19.3. The average Bonchev–Trinajstić information content (AvgIpc) is 2.81. The SMILES string of the molecule is Cc1nc2cc(F)ccc2cc1C(=O)N1CC(F)(F)CC1CO. The Morgan fingerprint density at radius 3 is 2.87 bits per heavy atom. The average molecular weight is 324 g/mol. The van der Waals surface area contributed by atoms with Gasteiger partial charge in [-0.2, -0.15) is 0 Å². The van der Waals surface area contributed by atoms with Crippen LogP contribution >= 0.6 is 0 Å². The summed E-state index contributed by atoms with van der Waals surface area (Å²) in [6, 6.07) is 4.58. The largest absolute Gasteiger partial charge is 0.394 e. The fourth-order valence-electron chi connectivity index (χ4n) is 2.91. The lowest BCUT2D eigenvalue weighted by molar-refractivity contribution is 0.0115. The second kappa shape index (κ2) is 5.49.